The fourth-order valence-corrected chi connectivity index (χ4v) is 5.20. The molecule has 0 N–H and O–H groups in total. The molecule has 0 heteroatoms. The van der Waals surface area contributed by atoms with Gasteiger partial charge in [0, 0.05) is 10.8 Å². The number of rotatable bonds is 4. The Balaban J connectivity index is 1.81. The van der Waals surface area contributed by atoms with E-state index in [4.69, 9.17) is 0 Å². The molecule has 0 spiro atoms. The molecule has 0 atom stereocenters. The van der Waals surface area contributed by atoms with Crippen molar-refractivity contribution >= 4 is 0 Å². The van der Waals surface area contributed by atoms with Crippen LogP contribution in [0.15, 0.2) is 109 Å². The van der Waals surface area contributed by atoms with Gasteiger partial charge in [0.25, 0.3) is 0 Å². The molecule has 0 heterocycles. The lowest BCUT2D eigenvalue weighted by molar-refractivity contribution is 0.689. The average molecular weight is 375 g/mol. The van der Waals surface area contributed by atoms with Gasteiger partial charge in [-0.1, -0.05) is 120 Å². The molecule has 1 aliphatic carbocycles. The monoisotopic (exact) mass is 374 g/mol. The Labute approximate surface area is 173 Å². The lowest BCUT2D eigenvalue weighted by Gasteiger charge is -2.29. The highest BCUT2D eigenvalue weighted by Crippen LogP contribution is 2.71. The van der Waals surface area contributed by atoms with Crippen molar-refractivity contribution in [2.24, 2.45) is 0 Å². The third-order valence-corrected chi connectivity index (χ3v) is 6.76. The molecule has 0 radical (unpaired) electrons. The summed E-state index contributed by atoms with van der Waals surface area (Å²) in [6, 6.07) is 40.5. The van der Waals surface area contributed by atoms with Crippen LogP contribution in [0.5, 0.6) is 0 Å². The third-order valence-electron chi connectivity index (χ3n) is 6.76. The standard InChI is InChI=1S/C29H26/c1-22-13-17-26(18-14-22)29(27-19-15-23(2)16-20-27)21-28(29,24-9-5-3-6-10-24)25-11-7-4-8-12-25/h3-20H,21H2,1-2H3. The fourth-order valence-electron chi connectivity index (χ4n) is 5.20. The van der Waals surface area contributed by atoms with Crippen LogP contribution in [-0.2, 0) is 10.8 Å². The van der Waals surface area contributed by atoms with E-state index in [1.54, 1.807) is 0 Å². The van der Waals surface area contributed by atoms with E-state index in [9.17, 15) is 0 Å². The van der Waals surface area contributed by atoms with Crippen molar-refractivity contribution in [1.82, 2.24) is 0 Å². The van der Waals surface area contributed by atoms with Crippen molar-refractivity contribution in [3.05, 3.63) is 143 Å². The molecule has 1 aliphatic rings. The first kappa shape index (κ1) is 17.9. The van der Waals surface area contributed by atoms with E-state index in [1.165, 1.54) is 33.4 Å². The van der Waals surface area contributed by atoms with Gasteiger partial charge in [0.1, 0.15) is 0 Å². The molecule has 0 bridgehead atoms. The summed E-state index contributed by atoms with van der Waals surface area (Å²) in [6.07, 6.45) is 1.08. The molecule has 4 aromatic carbocycles. The van der Waals surface area contributed by atoms with E-state index in [0.29, 0.717) is 0 Å². The highest BCUT2D eigenvalue weighted by Gasteiger charge is 2.70. The average Bonchev–Trinajstić information content (AvgIpc) is 3.48. The van der Waals surface area contributed by atoms with Gasteiger partial charge in [-0.25, -0.2) is 0 Å². The molecule has 1 saturated carbocycles. The molecule has 1 fully saturated rings. The van der Waals surface area contributed by atoms with Gasteiger partial charge in [-0.2, -0.15) is 0 Å². The van der Waals surface area contributed by atoms with Crippen LogP contribution in [0.4, 0.5) is 0 Å². The Morgan fingerprint density at radius 2 is 0.724 bits per heavy atom. The summed E-state index contributed by atoms with van der Waals surface area (Å²) in [5, 5.41) is 0. The molecule has 142 valence electrons. The minimum atomic E-state index is -0.0584. The topological polar surface area (TPSA) is 0 Å². The second-order valence-electron chi connectivity index (χ2n) is 8.45. The largest absolute Gasteiger partial charge is 0.0622 e. The third kappa shape index (κ3) is 2.67. The maximum Gasteiger partial charge on any atom is 0.0352 e. The molecule has 0 aromatic heterocycles. The van der Waals surface area contributed by atoms with Crippen LogP contribution < -0.4 is 0 Å². The second kappa shape index (κ2) is 6.74. The normalized spacial score (nSPS) is 16.3. The molecule has 0 nitrogen and oxygen atoms in total. The summed E-state index contributed by atoms with van der Waals surface area (Å²) < 4.78 is 0. The second-order valence-corrected chi connectivity index (χ2v) is 8.45. The Hall–Kier alpha value is -3.12. The lowest BCUT2D eigenvalue weighted by atomic mass is 9.73. The molecule has 0 amide bonds. The SMILES string of the molecule is Cc1ccc(C2(c3ccc(C)cc3)CC2(c2ccccc2)c2ccccc2)cc1. The number of benzene rings is 4. The Kier molecular flexibility index (Phi) is 4.17. The van der Waals surface area contributed by atoms with Crippen LogP contribution in [0.2, 0.25) is 0 Å². The van der Waals surface area contributed by atoms with Gasteiger partial charge in [-0.15, -0.1) is 0 Å². The maximum absolute atomic E-state index is 2.34. The van der Waals surface area contributed by atoms with Crippen molar-refractivity contribution < 1.29 is 0 Å². The van der Waals surface area contributed by atoms with Gasteiger partial charge in [0.05, 0.1) is 0 Å². The van der Waals surface area contributed by atoms with Crippen LogP contribution in [0.3, 0.4) is 0 Å². The molecule has 4 aromatic rings. The van der Waals surface area contributed by atoms with Crippen molar-refractivity contribution in [3.63, 3.8) is 0 Å². The van der Waals surface area contributed by atoms with E-state index in [2.05, 4.69) is 123 Å². The van der Waals surface area contributed by atoms with Crippen LogP contribution in [0, 0.1) is 13.8 Å². The van der Waals surface area contributed by atoms with Gasteiger partial charge < -0.3 is 0 Å². The summed E-state index contributed by atoms with van der Waals surface area (Å²) in [5.41, 5.74) is 8.09. The molecule has 0 unspecified atom stereocenters. The van der Waals surface area contributed by atoms with E-state index in [0.717, 1.165) is 6.42 Å². The van der Waals surface area contributed by atoms with Crippen molar-refractivity contribution in [3.8, 4) is 0 Å². The Bertz CT molecular complexity index is 1020. The Morgan fingerprint density at radius 3 is 1.07 bits per heavy atom. The fraction of sp³-hybridized carbons (Fsp3) is 0.172. The number of hydrogen-bond acceptors (Lipinski definition) is 0. The van der Waals surface area contributed by atoms with Gasteiger partial charge in [0.2, 0.25) is 0 Å². The number of hydrogen-bond donors (Lipinski definition) is 0. The van der Waals surface area contributed by atoms with E-state index in [1.807, 2.05) is 0 Å². The minimum absolute atomic E-state index is 0.0555. The predicted octanol–water partition coefficient (Wildman–Crippen LogP) is 6.98. The quantitative estimate of drug-likeness (QED) is 0.361. The van der Waals surface area contributed by atoms with Gasteiger partial charge in [-0.3, -0.25) is 0 Å². The highest BCUT2D eigenvalue weighted by molar-refractivity contribution is 5.65. The van der Waals surface area contributed by atoms with E-state index >= 15 is 0 Å². The summed E-state index contributed by atoms with van der Waals surface area (Å²) in [5.74, 6) is 0. The zero-order valence-electron chi connectivity index (χ0n) is 17.1. The molecular weight excluding hydrogens is 348 g/mol. The van der Waals surface area contributed by atoms with E-state index < -0.39 is 0 Å². The zero-order chi connectivity index (χ0) is 19.9. The van der Waals surface area contributed by atoms with Crippen molar-refractivity contribution in [2.45, 2.75) is 31.1 Å². The molecule has 0 saturated heterocycles. The van der Waals surface area contributed by atoms with Crippen LogP contribution in [-0.4, -0.2) is 0 Å². The van der Waals surface area contributed by atoms with Gasteiger partial charge >= 0.3 is 0 Å². The maximum atomic E-state index is 2.34. The van der Waals surface area contributed by atoms with Crippen LogP contribution >= 0.6 is 0 Å². The summed E-state index contributed by atoms with van der Waals surface area (Å²) in [6.45, 7) is 4.33. The zero-order valence-corrected chi connectivity index (χ0v) is 17.1. The summed E-state index contributed by atoms with van der Waals surface area (Å²) in [7, 11) is 0. The molecular formula is C29H26. The van der Waals surface area contributed by atoms with E-state index in [-0.39, 0.29) is 10.8 Å². The van der Waals surface area contributed by atoms with Crippen molar-refractivity contribution in [2.75, 3.05) is 0 Å². The molecule has 0 aliphatic heterocycles. The Morgan fingerprint density at radius 1 is 0.414 bits per heavy atom. The molecule has 5 rings (SSSR count). The summed E-state index contributed by atoms with van der Waals surface area (Å²) >= 11 is 0. The molecule has 29 heavy (non-hydrogen) atoms. The van der Waals surface area contributed by atoms with Crippen molar-refractivity contribution in [1.29, 1.82) is 0 Å². The predicted molar refractivity (Wildman–Crippen MR) is 121 cm³/mol. The smallest absolute Gasteiger partial charge is 0.0352 e. The van der Waals surface area contributed by atoms with Crippen LogP contribution in [0.25, 0.3) is 0 Å². The highest BCUT2D eigenvalue weighted by atomic mass is 14.7. The first-order valence-corrected chi connectivity index (χ1v) is 10.4. The summed E-state index contributed by atoms with van der Waals surface area (Å²) in [4.78, 5) is 0. The number of aryl methyl sites for hydroxylation is 2. The van der Waals surface area contributed by atoms with Gasteiger partial charge in [-0.05, 0) is 42.5 Å². The first-order chi connectivity index (χ1) is 14.2. The van der Waals surface area contributed by atoms with Crippen LogP contribution in [0.1, 0.15) is 39.8 Å². The first-order valence-electron chi connectivity index (χ1n) is 10.4. The van der Waals surface area contributed by atoms with Gasteiger partial charge in [0.15, 0.2) is 0 Å². The lowest BCUT2D eigenvalue weighted by Crippen LogP contribution is -2.25. The minimum Gasteiger partial charge on any atom is -0.0622 e.